The van der Waals surface area contributed by atoms with Gasteiger partial charge in [-0.2, -0.15) is 5.10 Å². The fourth-order valence-corrected chi connectivity index (χ4v) is 1.49. The van der Waals surface area contributed by atoms with E-state index in [0.29, 0.717) is 19.4 Å². The van der Waals surface area contributed by atoms with Crippen molar-refractivity contribution in [1.29, 1.82) is 0 Å². The second-order valence-corrected chi connectivity index (χ2v) is 4.07. The van der Waals surface area contributed by atoms with Crippen molar-refractivity contribution >= 4 is 5.91 Å². The molecule has 0 saturated carbocycles. The Morgan fingerprint density at radius 2 is 2.19 bits per heavy atom. The van der Waals surface area contributed by atoms with Gasteiger partial charge in [0.25, 0.3) is 0 Å². The Morgan fingerprint density at radius 3 is 2.62 bits per heavy atom. The Hall–Kier alpha value is -1.36. The van der Waals surface area contributed by atoms with Gasteiger partial charge in [-0.25, -0.2) is 0 Å². The first-order valence-corrected chi connectivity index (χ1v) is 5.56. The first-order chi connectivity index (χ1) is 7.51. The van der Waals surface area contributed by atoms with Crippen LogP contribution >= 0.6 is 0 Å². The van der Waals surface area contributed by atoms with Crippen LogP contribution in [0.25, 0.3) is 0 Å². The summed E-state index contributed by atoms with van der Waals surface area (Å²) in [6.07, 6.45) is 4.89. The number of carbonyl (C=O) groups excluding carboxylic acids is 1. The molecule has 0 aromatic carbocycles. The van der Waals surface area contributed by atoms with Crippen LogP contribution in [0.5, 0.6) is 0 Å². The van der Waals surface area contributed by atoms with E-state index in [1.54, 1.807) is 10.9 Å². The predicted molar refractivity (Wildman–Crippen MR) is 62.6 cm³/mol. The highest BCUT2D eigenvalue weighted by atomic mass is 16.2. The molecule has 1 rings (SSSR count). The normalized spacial score (nSPS) is 11.5. The van der Waals surface area contributed by atoms with Gasteiger partial charge in [-0.3, -0.25) is 9.48 Å². The number of aromatic nitrogens is 2. The third-order valence-corrected chi connectivity index (χ3v) is 2.93. The molecule has 0 atom stereocenters. The Balaban J connectivity index is 2.52. The van der Waals surface area contributed by atoms with Gasteiger partial charge < -0.3 is 11.1 Å². The fraction of sp³-hybridized carbons (Fsp3) is 0.636. The molecule has 1 heterocycles. The lowest BCUT2D eigenvalue weighted by Crippen LogP contribution is -2.52. The van der Waals surface area contributed by atoms with Crippen molar-refractivity contribution in [3.63, 3.8) is 0 Å². The van der Waals surface area contributed by atoms with Crippen LogP contribution < -0.4 is 11.1 Å². The standard InChI is InChI=1S/C11H20N4O/c1-4-11(12,5-2)10(16)13-6-9-7-14-15(3)8-9/h7-8H,4-6,12H2,1-3H3,(H,13,16). The molecule has 1 amide bonds. The number of rotatable bonds is 5. The highest BCUT2D eigenvalue weighted by Crippen LogP contribution is 2.11. The molecule has 1 aromatic heterocycles. The highest BCUT2D eigenvalue weighted by Gasteiger charge is 2.29. The van der Waals surface area contributed by atoms with Crippen LogP contribution in [0.4, 0.5) is 0 Å². The van der Waals surface area contributed by atoms with Gasteiger partial charge in [0, 0.05) is 25.4 Å². The summed E-state index contributed by atoms with van der Waals surface area (Å²) in [4.78, 5) is 11.8. The molecule has 1 aromatic rings. The van der Waals surface area contributed by atoms with Crippen molar-refractivity contribution in [2.24, 2.45) is 12.8 Å². The Kier molecular flexibility index (Phi) is 4.06. The number of carbonyl (C=O) groups is 1. The van der Waals surface area contributed by atoms with Crippen LogP contribution in [0.2, 0.25) is 0 Å². The van der Waals surface area contributed by atoms with E-state index in [1.807, 2.05) is 27.1 Å². The maximum Gasteiger partial charge on any atom is 0.240 e. The van der Waals surface area contributed by atoms with E-state index in [4.69, 9.17) is 5.73 Å². The molecular weight excluding hydrogens is 204 g/mol. The first-order valence-electron chi connectivity index (χ1n) is 5.56. The molecule has 0 spiro atoms. The van der Waals surface area contributed by atoms with E-state index < -0.39 is 5.54 Å². The lowest BCUT2D eigenvalue weighted by atomic mass is 9.93. The van der Waals surface area contributed by atoms with Crippen LogP contribution in [-0.4, -0.2) is 21.2 Å². The first kappa shape index (κ1) is 12.7. The molecule has 0 bridgehead atoms. The van der Waals surface area contributed by atoms with Crippen molar-refractivity contribution < 1.29 is 4.79 Å². The molecule has 0 aliphatic rings. The van der Waals surface area contributed by atoms with Gasteiger partial charge in [0.15, 0.2) is 0 Å². The zero-order valence-electron chi connectivity index (χ0n) is 10.2. The summed E-state index contributed by atoms with van der Waals surface area (Å²) in [6.45, 7) is 4.33. The minimum atomic E-state index is -0.748. The Morgan fingerprint density at radius 1 is 1.56 bits per heavy atom. The quantitative estimate of drug-likeness (QED) is 0.767. The molecule has 90 valence electrons. The van der Waals surface area contributed by atoms with E-state index in [2.05, 4.69) is 10.4 Å². The van der Waals surface area contributed by atoms with E-state index >= 15 is 0 Å². The molecule has 0 saturated heterocycles. The van der Waals surface area contributed by atoms with Gasteiger partial charge in [0.05, 0.1) is 11.7 Å². The van der Waals surface area contributed by atoms with E-state index in [-0.39, 0.29) is 5.91 Å². The number of nitrogens with zero attached hydrogens (tertiary/aromatic N) is 2. The lowest BCUT2D eigenvalue weighted by Gasteiger charge is -2.24. The van der Waals surface area contributed by atoms with Gasteiger partial charge in [0.2, 0.25) is 5.91 Å². The molecule has 0 fully saturated rings. The smallest absolute Gasteiger partial charge is 0.240 e. The average Bonchev–Trinajstić information content (AvgIpc) is 2.70. The largest absolute Gasteiger partial charge is 0.350 e. The molecule has 0 aliphatic heterocycles. The molecule has 16 heavy (non-hydrogen) atoms. The van der Waals surface area contributed by atoms with Crippen LogP contribution in [0, 0.1) is 0 Å². The summed E-state index contributed by atoms with van der Waals surface area (Å²) < 4.78 is 1.71. The summed E-state index contributed by atoms with van der Waals surface area (Å²) in [5.74, 6) is -0.0960. The Bertz CT molecular complexity index is 355. The molecule has 5 heteroatoms. The van der Waals surface area contributed by atoms with Crippen molar-refractivity contribution in [3.05, 3.63) is 18.0 Å². The van der Waals surface area contributed by atoms with Crippen LogP contribution in [0.3, 0.4) is 0 Å². The van der Waals surface area contributed by atoms with Gasteiger partial charge in [-0.1, -0.05) is 13.8 Å². The second kappa shape index (κ2) is 5.12. The number of hydrogen-bond acceptors (Lipinski definition) is 3. The highest BCUT2D eigenvalue weighted by molar-refractivity contribution is 5.85. The van der Waals surface area contributed by atoms with Gasteiger partial charge in [-0.05, 0) is 12.8 Å². The summed E-state index contributed by atoms with van der Waals surface area (Å²) in [7, 11) is 1.84. The van der Waals surface area contributed by atoms with Crippen molar-refractivity contribution in [2.45, 2.75) is 38.8 Å². The topological polar surface area (TPSA) is 72.9 Å². The van der Waals surface area contributed by atoms with Gasteiger partial charge >= 0.3 is 0 Å². The van der Waals surface area contributed by atoms with Crippen molar-refractivity contribution in [1.82, 2.24) is 15.1 Å². The summed E-state index contributed by atoms with van der Waals surface area (Å²) in [5.41, 5.74) is 6.21. The van der Waals surface area contributed by atoms with Gasteiger partial charge in [-0.15, -0.1) is 0 Å². The molecule has 0 aliphatic carbocycles. The number of amides is 1. The molecular formula is C11H20N4O. The average molecular weight is 224 g/mol. The van der Waals surface area contributed by atoms with Crippen LogP contribution in [0.15, 0.2) is 12.4 Å². The second-order valence-electron chi connectivity index (χ2n) is 4.07. The summed E-state index contributed by atoms with van der Waals surface area (Å²) in [6, 6.07) is 0. The maximum atomic E-state index is 11.8. The van der Waals surface area contributed by atoms with Crippen LogP contribution in [0.1, 0.15) is 32.3 Å². The zero-order valence-corrected chi connectivity index (χ0v) is 10.2. The Labute approximate surface area is 96.0 Å². The van der Waals surface area contributed by atoms with Crippen LogP contribution in [-0.2, 0) is 18.4 Å². The summed E-state index contributed by atoms with van der Waals surface area (Å²) >= 11 is 0. The third-order valence-electron chi connectivity index (χ3n) is 2.93. The number of hydrogen-bond donors (Lipinski definition) is 2. The number of nitrogens with one attached hydrogen (secondary N) is 1. The summed E-state index contributed by atoms with van der Waals surface area (Å²) in [5, 5.41) is 6.87. The SMILES string of the molecule is CCC(N)(CC)C(=O)NCc1cnn(C)c1. The molecule has 5 nitrogen and oxygen atoms in total. The van der Waals surface area contributed by atoms with E-state index in [9.17, 15) is 4.79 Å². The fourth-order valence-electron chi connectivity index (χ4n) is 1.49. The maximum absolute atomic E-state index is 11.8. The van der Waals surface area contributed by atoms with Gasteiger partial charge in [0.1, 0.15) is 0 Å². The minimum Gasteiger partial charge on any atom is -0.350 e. The molecule has 0 radical (unpaired) electrons. The molecule has 0 unspecified atom stereocenters. The monoisotopic (exact) mass is 224 g/mol. The minimum absolute atomic E-state index is 0.0960. The molecule has 3 N–H and O–H groups in total. The van der Waals surface area contributed by atoms with Crippen molar-refractivity contribution in [2.75, 3.05) is 0 Å². The van der Waals surface area contributed by atoms with Crippen molar-refractivity contribution in [3.8, 4) is 0 Å². The zero-order chi connectivity index (χ0) is 12.2. The number of nitrogens with two attached hydrogens (primary N) is 1. The third kappa shape index (κ3) is 2.82. The van der Waals surface area contributed by atoms with E-state index in [0.717, 1.165) is 5.56 Å². The number of aryl methyl sites for hydroxylation is 1. The predicted octanol–water partition coefficient (Wildman–Crippen LogP) is 0.554. The lowest BCUT2D eigenvalue weighted by molar-refractivity contribution is -0.126. The van der Waals surface area contributed by atoms with E-state index in [1.165, 1.54) is 0 Å².